The number of amides is 1. The molecule has 0 spiro atoms. The van der Waals surface area contributed by atoms with Crippen molar-refractivity contribution in [2.75, 3.05) is 50.9 Å². The second-order valence-corrected chi connectivity index (χ2v) is 6.99. The Morgan fingerprint density at radius 1 is 1.26 bits per heavy atom. The van der Waals surface area contributed by atoms with Gasteiger partial charge in [0.15, 0.2) is 0 Å². The maximum absolute atomic E-state index is 12.8. The number of ether oxygens (including phenoxy) is 1. The van der Waals surface area contributed by atoms with Crippen molar-refractivity contribution in [3.63, 3.8) is 0 Å². The number of carbonyl (C=O) groups excluding carboxylic acids is 1. The van der Waals surface area contributed by atoms with Crippen molar-refractivity contribution in [2.24, 2.45) is 0 Å². The lowest BCUT2D eigenvalue weighted by Crippen LogP contribution is -2.50. The van der Waals surface area contributed by atoms with E-state index in [0.29, 0.717) is 5.56 Å². The monoisotopic (exact) mass is 338 g/mol. The van der Waals surface area contributed by atoms with Gasteiger partial charge in [-0.05, 0) is 18.2 Å². The first-order chi connectivity index (χ1) is 11.2. The van der Waals surface area contributed by atoms with Crippen molar-refractivity contribution in [3.05, 3.63) is 34.4 Å². The molecule has 23 heavy (non-hydrogen) atoms. The van der Waals surface area contributed by atoms with E-state index in [-0.39, 0.29) is 11.9 Å². The van der Waals surface area contributed by atoms with E-state index in [1.807, 2.05) is 16.7 Å². The lowest BCUT2D eigenvalue weighted by molar-refractivity contribution is 0.0244. The molecule has 2 aliphatic rings. The first-order valence-electron chi connectivity index (χ1n) is 8.02. The maximum atomic E-state index is 12.8. The van der Waals surface area contributed by atoms with Gasteiger partial charge in [0, 0.05) is 38.0 Å². The van der Waals surface area contributed by atoms with Crippen molar-refractivity contribution >= 4 is 17.7 Å². The van der Waals surface area contributed by atoms with E-state index in [2.05, 4.69) is 4.90 Å². The van der Waals surface area contributed by atoms with Crippen LogP contribution >= 0.6 is 11.8 Å². The number of thioether (sulfide) groups is 1. The lowest BCUT2D eigenvalue weighted by atomic mass is 10.2. The highest BCUT2D eigenvalue weighted by Gasteiger charge is 2.29. The summed E-state index contributed by atoms with van der Waals surface area (Å²) in [5.41, 5.74) is 0.0151. The van der Waals surface area contributed by atoms with Gasteiger partial charge >= 0.3 is 5.63 Å². The quantitative estimate of drug-likeness (QED) is 0.817. The first-order valence-corrected chi connectivity index (χ1v) is 9.17. The Kier molecular flexibility index (Phi) is 5.75. The molecule has 3 heterocycles. The van der Waals surface area contributed by atoms with Gasteiger partial charge < -0.3 is 14.1 Å². The van der Waals surface area contributed by atoms with Gasteiger partial charge in [-0.2, -0.15) is 11.8 Å². The van der Waals surface area contributed by atoms with Crippen LogP contribution in [-0.4, -0.2) is 72.6 Å². The molecule has 7 heteroatoms. The molecule has 0 aliphatic carbocycles. The highest BCUT2D eigenvalue weighted by atomic mass is 32.2. The average molecular weight is 338 g/mol. The van der Waals surface area contributed by atoms with Crippen LogP contribution in [0.15, 0.2) is 27.6 Å². The molecule has 0 radical (unpaired) electrons. The summed E-state index contributed by atoms with van der Waals surface area (Å²) < 4.78 is 10.3. The molecule has 1 atom stereocenters. The van der Waals surface area contributed by atoms with Crippen LogP contribution in [0.3, 0.4) is 0 Å². The van der Waals surface area contributed by atoms with Gasteiger partial charge in [0.25, 0.3) is 5.91 Å². The molecule has 0 bridgehead atoms. The van der Waals surface area contributed by atoms with Crippen molar-refractivity contribution in [1.29, 1.82) is 0 Å². The number of rotatable bonds is 3. The largest absolute Gasteiger partial charge is 0.430 e. The molecule has 2 aliphatic heterocycles. The van der Waals surface area contributed by atoms with E-state index >= 15 is 0 Å². The van der Waals surface area contributed by atoms with Crippen molar-refractivity contribution in [1.82, 2.24) is 9.80 Å². The Bertz CT molecular complexity index is 565. The van der Waals surface area contributed by atoms with Gasteiger partial charge in [-0.3, -0.25) is 9.69 Å². The predicted molar refractivity (Wildman–Crippen MR) is 89.0 cm³/mol. The Hall–Kier alpha value is -1.31. The van der Waals surface area contributed by atoms with Gasteiger partial charge in [0.05, 0.1) is 24.8 Å². The summed E-state index contributed by atoms with van der Waals surface area (Å²) in [5, 5.41) is 0. The first kappa shape index (κ1) is 16.5. The van der Waals surface area contributed by atoms with E-state index < -0.39 is 5.63 Å². The molecule has 0 aromatic carbocycles. The lowest BCUT2D eigenvalue weighted by Gasteiger charge is -2.35. The average Bonchev–Trinajstić information content (AvgIpc) is 2.81. The number of carbonyl (C=O) groups is 1. The Balaban J connectivity index is 1.73. The Labute approximate surface area is 139 Å². The van der Waals surface area contributed by atoms with Gasteiger partial charge in [-0.1, -0.05) is 0 Å². The highest BCUT2D eigenvalue weighted by molar-refractivity contribution is 7.99. The zero-order valence-electron chi connectivity index (χ0n) is 13.1. The summed E-state index contributed by atoms with van der Waals surface area (Å²) in [6, 6.07) is 3.04. The number of morpholine rings is 1. The maximum Gasteiger partial charge on any atom is 0.335 e. The summed E-state index contributed by atoms with van der Waals surface area (Å²) in [7, 11) is 0. The van der Waals surface area contributed by atoms with Crippen LogP contribution in [0.1, 0.15) is 16.8 Å². The van der Waals surface area contributed by atoms with E-state index in [1.54, 1.807) is 6.07 Å². The zero-order chi connectivity index (χ0) is 16.1. The minimum atomic E-state index is -0.433. The van der Waals surface area contributed by atoms with Crippen LogP contribution in [0, 0.1) is 0 Å². The Morgan fingerprint density at radius 3 is 2.83 bits per heavy atom. The third-order valence-electron chi connectivity index (χ3n) is 4.22. The number of hydrogen-bond donors (Lipinski definition) is 0. The molecule has 1 unspecified atom stereocenters. The fourth-order valence-electron chi connectivity index (χ4n) is 2.97. The van der Waals surface area contributed by atoms with Crippen LogP contribution in [0.2, 0.25) is 0 Å². The van der Waals surface area contributed by atoms with E-state index in [0.717, 1.165) is 57.3 Å². The van der Waals surface area contributed by atoms with Crippen LogP contribution in [0.5, 0.6) is 0 Å². The molecular formula is C16H22N2O4S. The summed E-state index contributed by atoms with van der Waals surface area (Å²) >= 11 is 1.91. The van der Waals surface area contributed by atoms with E-state index in [9.17, 15) is 9.59 Å². The Morgan fingerprint density at radius 2 is 2.09 bits per heavy atom. The van der Waals surface area contributed by atoms with Gasteiger partial charge in [0.2, 0.25) is 0 Å². The van der Waals surface area contributed by atoms with Gasteiger partial charge in [0.1, 0.15) is 6.26 Å². The van der Waals surface area contributed by atoms with Crippen LogP contribution in [-0.2, 0) is 4.74 Å². The standard InChI is InChI=1S/C16H22N2O4S/c19-15-3-2-13(11-22-15)16(20)18-4-1-9-23-12-14(18)10-17-5-7-21-8-6-17/h2-3,11,14H,1,4-10,12H2. The SMILES string of the molecule is O=C(c1ccc(=O)oc1)N1CCCSCC1CN1CCOCC1. The summed E-state index contributed by atoms with van der Waals surface area (Å²) in [6.45, 7) is 4.99. The molecule has 1 aromatic heterocycles. The molecular weight excluding hydrogens is 316 g/mol. The molecule has 0 N–H and O–H groups in total. The molecule has 1 amide bonds. The molecule has 6 nitrogen and oxygen atoms in total. The van der Waals surface area contributed by atoms with Crippen LogP contribution in [0.25, 0.3) is 0 Å². The second-order valence-electron chi connectivity index (χ2n) is 5.84. The minimum Gasteiger partial charge on any atom is -0.430 e. The van der Waals surface area contributed by atoms with Gasteiger partial charge in [-0.15, -0.1) is 0 Å². The third kappa shape index (κ3) is 4.37. The fraction of sp³-hybridized carbons (Fsp3) is 0.625. The minimum absolute atomic E-state index is 0.0468. The van der Waals surface area contributed by atoms with Crippen molar-refractivity contribution in [3.8, 4) is 0 Å². The molecule has 0 saturated carbocycles. The molecule has 2 fully saturated rings. The summed E-state index contributed by atoms with van der Waals surface area (Å²) in [5.74, 6) is 1.97. The number of hydrogen-bond acceptors (Lipinski definition) is 6. The van der Waals surface area contributed by atoms with Crippen LogP contribution < -0.4 is 5.63 Å². The van der Waals surface area contributed by atoms with Gasteiger partial charge in [-0.25, -0.2) is 4.79 Å². The third-order valence-corrected chi connectivity index (χ3v) is 5.42. The highest BCUT2D eigenvalue weighted by Crippen LogP contribution is 2.20. The smallest absolute Gasteiger partial charge is 0.335 e. The topological polar surface area (TPSA) is 63.0 Å². The second kappa shape index (κ2) is 7.99. The van der Waals surface area contributed by atoms with Crippen LogP contribution in [0.4, 0.5) is 0 Å². The van der Waals surface area contributed by atoms with Crippen molar-refractivity contribution < 1.29 is 13.9 Å². The number of nitrogens with zero attached hydrogens (tertiary/aromatic N) is 2. The summed E-state index contributed by atoms with van der Waals surface area (Å²) in [6.07, 6.45) is 2.27. The summed E-state index contributed by atoms with van der Waals surface area (Å²) in [4.78, 5) is 28.2. The van der Waals surface area contributed by atoms with Crippen molar-refractivity contribution in [2.45, 2.75) is 12.5 Å². The normalized spacial score (nSPS) is 23.5. The fourth-order valence-corrected chi connectivity index (χ4v) is 4.03. The molecule has 2 saturated heterocycles. The van der Waals surface area contributed by atoms with E-state index in [4.69, 9.17) is 9.15 Å². The van der Waals surface area contributed by atoms with E-state index in [1.165, 1.54) is 12.3 Å². The molecule has 1 aromatic rings. The zero-order valence-corrected chi connectivity index (χ0v) is 13.9. The molecule has 126 valence electrons. The molecule has 3 rings (SSSR count). The predicted octanol–water partition coefficient (Wildman–Crippen LogP) is 0.920.